The second-order valence-corrected chi connectivity index (χ2v) is 3.67. The Hall–Kier alpha value is -1.55. The molecule has 1 aliphatic heterocycles. The Labute approximate surface area is 95.2 Å². The van der Waals surface area contributed by atoms with Crippen LogP contribution >= 0.6 is 0 Å². The predicted molar refractivity (Wildman–Crippen MR) is 51.6 cm³/mol. The number of H-pyrrole nitrogens is 1. The van der Waals surface area contributed by atoms with Gasteiger partial charge in [-0.25, -0.2) is 4.98 Å². The number of carbonyl (C=O) groups excluding carboxylic acids is 1. The molecule has 1 amide bonds. The Morgan fingerprint density at radius 1 is 1.47 bits per heavy atom. The molecule has 0 spiro atoms. The Kier molecular flexibility index (Phi) is 3.07. The molecule has 1 aromatic rings. The number of rotatable bonds is 3. The van der Waals surface area contributed by atoms with Crippen molar-refractivity contribution in [1.29, 1.82) is 0 Å². The SMILES string of the molecule is NC(=O)c1n[nH]c([C@@H]2O[C@@H](CO)[C@@H](O)[C@@H]2O)n1. The van der Waals surface area contributed by atoms with Crippen molar-refractivity contribution in [2.75, 3.05) is 6.61 Å². The van der Waals surface area contributed by atoms with Gasteiger partial charge in [-0.2, -0.15) is 0 Å². The first-order valence-corrected chi connectivity index (χ1v) is 4.89. The fourth-order valence-electron chi connectivity index (χ4n) is 1.64. The summed E-state index contributed by atoms with van der Waals surface area (Å²) in [4.78, 5) is 14.5. The van der Waals surface area contributed by atoms with Crippen LogP contribution in [0.15, 0.2) is 0 Å². The molecular weight excluding hydrogens is 232 g/mol. The molecule has 0 saturated carbocycles. The molecule has 4 atom stereocenters. The number of aliphatic hydroxyl groups excluding tert-OH is 3. The van der Waals surface area contributed by atoms with Gasteiger partial charge in [0, 0.05) is 0 Å². The molecule has 2 rings (SSSR count). The minimum absolute atomic E-state index is 0.0706. The number of aromatic nitrogens is 3. The highest BCUT2D eigenvalue weighted by Gasteiger charge is 2.44. The van der Waals surface area contributed by atoms with Gasteiger partial charge in [-0.1, -0.05) is 0 Å². The molecule has 17 heavy (non-hydrogen) atoms. The first-order valence-electron chi connectivity index (χ1n) is 4.89. The number of amides is 1. The summed E-state index contributed by atoms with van der Waals surface area (Å²) in [7, 11) is 0. The lowest BCUT2D eigenvalue weighted by Gasteiger charge is -2.10. The van der Waals surface area contributed by atoms with Crippen LogP contribution in [0.5, 0.6) is 0 Å². The molecule has 0 aromatic carbocycles. The van der Waals surface area contributed by atoms with Gasteiger partial charge in [0.1, 0.15) is 24.4 Å². The van der Waals surface area contributed by atoms with Gasteiger partial charge in [0.2, 0.25) is 5.82 Å². The zero-order chi connectivity index (χ0) is 12.6. The number of ether oxygens (including phenoxy) is 1. The van der Waals surface area contributed by atoms with Crippen LogP contribution in [-0.2, 0) is 4.74 Å². The molecule has 0 bridgehead atoms. The van der Waals surface area contributed by atoms with Crippen molar-refractivity contribution in [3.8, 4) is 0 Å². The highest BCUT2D eigenvalue weighted by Crippen LogP contribution is 2.31. The molecule has 9 heteroatoms. The van der Waals surface area contributed by atoms with Crippen molar-refractivity contribution >= 4 is 5.91 Å². The number of aliphatic hydroxyl groups is 3. The number of hydrogen-bond donors (Lipinski definition) is 5. The van der Waals surface area contributed by atoms with Crippen LogP contribution in [0.3, 0.4) is 0 Å². The zero-order valence-corrected chi connectivity index (χ0v) is 8.65. The van der Waals surface area contributed by atoms with Crippen molar-refractivity contribution in [1.82, 2.24) is 15.2 Å². The summed E-state index contributed by atoms with van der Waals surface area (Å²) in [5.41, 5.74) is 4.96. The van der Waals surface area contributed by atoms with E-state index in [1.54, 1.807) is 0 Å². The average Bonchev–Trinajstić information content (AvgIpc) is 2.87. The maximum absolute atomic E-state index is 10.8. The first kappa shape index (κ1) is 11.9. The summed E-state index contributed by atoms with van der Waals surface area (Å²) in [5.74, 6) is -0.988. The number of primary amides is 1. The molecule has 0 aliphatic carbocycles. The normalized spacial score (nSPS) is 32.9. The lowest BCUT2D eigenvalue weighted by atomic mass is 10.1. The Morgan fingerprint density at radius 3 is 2.65 bits per heavy atom. The predicted octanol–water partition coefficient (Wildman–Crippen LogP) is -2.94. The third kappa shape index (κ3) is 2.00. The van der Waals surface area contributed by atoms with Crippen LogP contribution in [0.2, 0.25) is 0 Å². The van der Waals surface area contributed by atoms with Crippen molar-refractivity contribution in [3.63, 3.8) is 0 Å². The largest absolute Gasteiger partial charge is 0.394 e. The molecule has 1 fully saturated rings. The van der Waals surface area contributed by atoms with Crippen molar-refractivity contribution in [3.05, 3.63) is 11.6 Å². The molecule has 0 unspecified atom stereocenters. The number of nitrogens with two attached hydrogens (primary N) is 1. The standard InChI is InChI=1S/C8H12N4O5/c9-6(16)8-10-7(11-12-8)5-4(15)3(14)2(1-13)17-5/h2-5,13-15H,1H2,(H2,9,16)(H,10,11,12)/t2-,3+,4-,5+/m0/s1. The van der Waals surface area contributed by atoms with Crippen LogP contribution in [0.25, 0.3) is 0 Å². The van der Waals surface area contributed by atoms with Crippen molar-refractivity contribution in [2.24, 2.45) is 5.73 Å². The second-order valence-electron chi connectivity index (χ2n) is 3.67. The Balaban J connectivity index is 2.19. The maximum atomic E-state index is 10.8. The molecule has 1 aliphatic rings. The van der Waals surface area contributed by atoms with E-state index in [4.69, 9.17) is 15.6 Å². The van der Waals surface area contributed by atoms with Gasteiger partial charge in [-0.15, -0.1) is 5.10 Å². The van der Waals surface area contributed by atoms with E-state index in [-0.39, 0.29) is 11.6 Å². The Morgan fingerprint density at radius 2 is 2.18 bits per heavy atom. The fraction of sp³-hybridized carbons (Fsp3) is 0.625. The van der Waals surface area contributed by atoms with Gasteiger partial charge >= 0.3 is 0 Å². The quantitative estimate of drug-likeness (QED) is 0.381. The smallest absolute Gasteiger partial charge is 0.288 e. The van der Waals surface area contributed by atoms with E-state index in [9.17, 15) is 15.0 Å². The zero-order valence-electron chi connectivity index (χ0n) is 8.65. The van der Waals surface area contributed by atoms with Crippen molar-refractivity contribution in [2.45, 2.75) is 24.4 Å². The number of nitrogens with zero attached hydrogens (tertiary/aromatic N) is 2. The number of nitrogens with one attached hydrogen (secondary N) is 1. The van der Waals surface area contributed by atoms with E-state index < -0.39 is 36.9 Å². The van der Waals surface area contributed by atoms with Crippen LogP contribution in [0.4, 0.5) is 0 Å². The summed E-state index contributed by atoms with van der Waals surface area (Å²) in [6.45, 7) is -0.439. The van der Waals surface area contributed by atoms with Gasteiger partial charge in [0.25, 0.3) is 5.91 Å². The van der Waals surface area contributed by atoms with Crippen LogP contribution < -0.4 is 5.73 Å². The van der Waals surface area contributed by atoms with Gasteiger partial charge in [0.15, 0.2) is 5.82 Å². The van der Waals surface area contributed by atoms with Crippen LogP contribution in [0, 0.1) is 0 Å². The number of aromatic amines is 1. The van der Waals surface area contributed by atoms with E-state index in [2.05, 4.69) is 15.2 Å². The highest BCUT2D eigenvalue weighted by molar-refractivity contribution is 5.88. The topological polar surface area (TPSA) is 155 Å². The summed E-state index contributed by atoms with van der Waals surface area (Å²) in [6, 6.07) is 0. The maximum Gasteiger partial charge on any atom is 0.288 e. The van der Waals surface area contributed by atoms with E-state index >= 15 is 0 Å². The van der Waals surface area contributed by atoms with E-state index in [1.807, 2.05) is 0 Å². The minimum atomic E-state index is -1.26. The Bertz CT molecular complexity index is 422. The first-order chi connectivity index (χ1) is 8.04. The third-order valence-electron chi connectivity index (χ3n) is 2.53. The van der Waals surface area contributed by atoms with E-state index in [1.165, 1.54) is 0 Å². The fourth-order valence-corrected chi connectivity index (χ4v) is 1.64. The molecule has 0 radical (unpaired) electrons. The van der Waals surface area contributed by atoms with Crippen molar-refractivity contribution < 1.29 is 24.9 Å². The second kappa shape index (κ2) is 4.37. The van der Waals surface area contributed by atoms with E-state index in [0.717, 1.165) is 0 Å². The van der Waals surface area contributed by atoms with Gasteiger partial charge in [0.05, 0.1) is 6.61 Å². The molecular formula is C8H12N4O5. The molecule has 6 N–H and O–H groups in total. The lowest BCUT2D eigenvalue weighted by Crippen LogP contribution is -2.32. The van der Waals surface area contributed by atoms with Crippen LogP contribution in [-0.4, -0.2) is 61.3 Å². The summed E-state index contributed by atoms with van der Waals surface area (Å²) < 4.78 is 5.18. The molecule has 2 heterocycles. The van der Waals surface area contributed by atoms with Gasteiger partial charge in [-0.3, -0.25) is 9.89 Å². The molecule has 1 aromatic heterocycles. The van der Waals surface area contributed by atoms with Gasteiger partial charge < -0.3 is 25.8 Å². The average molecular weight is 244 g/mol. The summed E-state index contributed by atoms with van der Waals surface area (Å²) in [6.07, 6.45) is -4.38. The summed E-state index contributed by atoms with van der Waals surface area (Å²) in [5, 5.41) is 34.0. The monoisotopic (exact) mass is 244 g/mol. The molecule has 1 saturated heterocycles. The molecule has 94 valence electrons. The minimum Gasteiger partial charge on any atom is -0.394 e. The van der Waals surface area contributed by atoms with E-state index in [0.29, 0.717) is 0 Å². The third-order valence-corrected chi connectivity index (χ3v) is 2.53. The van der Waals surface area contributed by atoms with Crippen LogP contribution in [0.1, 0.15) is 22.5 Å². The molecule has 9 nitrogen and oxygen atoms in total. The summed E-state index contributed by atoms with van der Waals surface area (Å²) >= 11 is 0. The number of carbonyl (C=O) groups is 1. The highest BCUT2D eigenvalue weighted by atomic mass is 16.6. The number of hydrogen-bond acceptors (Lipinski definition) is 7. The lowest BCUT2D eigenvalue weighted by molar-refractivity contribution is -0.0252. The van der Waals surface area contributed by atoms with Gasteiger partial charge in [-0.05, 0) is 0 Å².